The number of hydrogen-bond acceptors (Lipinski definition) is 3. The molecule has 0 saturated carbocycles. The SMILES string of the molecule is COCC(=O)N1CCCC(=O)c2ccccc21. The molecule has 4 heteroatoms. The van der Waals surface area contributed by atoms with Gasteiger partial charge in [-0.1, -0.05) is 12.1 Å². The van der Waals surface area contributed by atoms with Crippen LogP contribution in [0.2, 0.25) is 0 Å². The number of methoxy groups -OCH3 is 1. The van der Waals surface area contributed by atoms with E-state index in [2.05, 4.69) is 0 Å². The maximum absolute atomic E-state index is 11.9. The van der Waals surface area contributed by atoms with Gasteiger partial charge in [-0.05, 0) is 18.6 Å². The number of anilines is 1. The van der Waals surface area contributed by atoms with Crippen LogP contribution in [0, 0.1) is 0 Å². The zero-order valence-electron chi connectivity index (χ0n) is 9.81. The Morgan fingerprint density at radius 2 is 2.18 bits per heavy atom. The monoisotopic (exact) mass is 233 g/mol. The highest BCUT2D eigenvalue weighted by Gasteiger charge is 2.24. The fourth-order valence-corrected chi connectivity index (χ4v) is 2.06. The van der Waals surface area contributed by atoms with Gasteiger partial charge in [0, 0.05) is 25.6 Å². The summed E-state index contributed by atoms with van der Waals surface area (Å²) in [5.41, 5.74) is 1.34. The van der Waals surface area contributed by atoms with Gasteiger partial charge in [0.1, 0.15) is 6.61 Å². The zero-order chi connectivity index (χ0) is 12.3. The molecule has 0 spiro atoms. The van der Waals surface area contributed by atoms with Crippen molar-refractivity contribution in [3.63, 3.8) is 0 Å². The van der Waals surface area contributed by atoms with Crippen LogP contribution in [-0.4, -0.2) is 32.0 Å². The molecule has 0 N–H and O–H groups in total. The Kier molecular flexibility index (Phi) is 3.54. The molecule has 1 aliphatic rings. The van der Waals surface area contributed by atoms with E-state index in [1.54, 1.807) is 11.0 Å². The minimum Gasteiger partial charge on any atom is -0.375 e. The Labute approximate surface area is 100 Å². The highest BCUT2D eigenvalue weighted by molar-refractivity contribution is 6.06. The third-order valence-corrected chi connectivity index (χ3v) is 2.85. The first-order valence-electron chi connectivity index (χ1n) is 5.65. The lowest BCUT2D eigenvalue weighted by atomic mass is 10.1. The maximum Gasteiger partial charge on any atom is 0.252 e. The summed E-state index contributed by atoms with van der Waals surface area (Å²) in [6.07, 6.45) is 1.19. The summed E-state index contributed by atoms with van der Waals surface area (Å²) in [5, 5.41) is 0. The molecule has 90 valence electrons. The van der Waals surface area contributed by atoms with E-state index in [9.17, 15) is 9.59 Å². The van der Waals surface area contributed by atoms with Gasteiger partial charge in [-0.3, -0.25) is 9.59 Å². The molecule has 0 fully saturated rings. The topological polar surface area (TPSA) is 46.6 Å². The number of ether oxygens (including phenoxy) is 1. The van der Waals surface area contributed by atoms with Gasteiger partial charge < -0.3 is 9.64 Å². The lowest BCUT2D eigenvalue weighted by Crippen LogP contribution is -2.34. The number of fused-ring (bicyclic) bond motifs is 1. The average molecular weight is 233 g/mol. The van der Waals surface area contributed by atoms with Gasteiger partial charge in [-0.2, -0.15) is 0 Å². The van der Waals surface area contributed by atoms with E-state index in [4.69, 9.17) is 4.74 Å². The molecule has 17 heavy (non-hydrogen) atoms. The van der Waals surface area contributed by atoms with Crippen LogP contribution in [0.15, 0.2) is 24.3 Å². The van der Waals surface area contributed by atoms with Crippen LogP contribution in [0.3, 0.4) is 0 Å². The van der Waals surface area contributed by atoms with Gasteiger partial charge in [0.05, 0.1) is 5.69 Å². The number of carbonyl (C=O) groups excluding carboxylic acids is 2. The molecule has 0 saturated heterocycles. The minimum absolute atomic E-state index is 0.0442. The quantitative estimate of drug-likeness (QED) is 0.780. The molecule has 0 bridgehead atoms. The summed E-state index contributed by atoms with van der Waals surface area (Å²) in [6, 6.07) is 7.24. The van der Waals surface area contributed by atoms with Crippen LogP contribution < -0.4 is 4.90 Å². The summed E-state index contributed by atoms with van der Waals surface area (Å²) in [4.78, 5) is 25.4. The van der Waals surface area contributed by atoms with E-state index in [1.807, 2.05) is 18.2 Å². The first-order valence-corrected chi connectivity index (χ1v) is 5.65. The van der Waals surface area contributed by atoms with Gasteiger partial charge in [0.25, 0.3) is 5.91 Å². The molecular formula is C13H15NO3. The number of benzene rings is 1. The smallest absolute Gasteiger partial charge is 0.252 e. The number of amides is 1. The molecule has 0 radical (unpaired) electrons. The normalized spacial score (nSPS) is 15.4. The summed E-state index contributed by atoms with van der Waals surface area (Å²) in [6.45, 7) is 0.619. The number of rotatable bonds is 2. The molecule has 4 nitrogen and oxygen atoms in total. The van der Waals surface area contributed by atoms with E-state index in [-0.39, 0.29) is 18.3 Å². The zero-order valence-corrected chi connectivity index (χ0v) is 9.81. The van der Waals surface area contributed by atoms with Crippen molar-refractivity contribution >= 4 is 17.4 Å². The lowest BCUT2D eigenvalue weighted by Gasteiger charge is -2.21. The Bertz CT molecular complexity index is 442. The van der Waals surface area contributed by atoms with E-state index >= 15 is 0 Å². The highest BCUT2D eigenvalue weighted by Crippen LogP contribution is 2.26. The van der Waals surface area contributed by atoms with Crippen molar-refractivity contribution in [3.05, 3.63) is 29.8 Å². The Balaban J connectivity index is 2.38. The molecule has 1 aromatic carbocycles. The molecular weight excluding hydrogens is 218 g/mol. The van der Waals surface area contributed by atoms with Crippen molar-refractivity contribution in [2.24, 2.45) is 0 Å². The van der Waals surface area contributed by atoms with E-state index in [0.29, 0.717) is 30.6 Å². The number of para-hydroxylation sites is 1. The summed E-state index contributed by atoms with van der Waals surface area (Å²) < 4.78 is 4.86. The van der Waals surface area contributed by atoms with Crippen molar-refractivity contribution in [1.82, 2.24) is 0 Å². The molecule has 1 heterocycles. The molecule has 0 aliphatic carbocycles. The van der Waals surface area contributed by atoms with Crippen LogP contribution in [0.5, 0.6) is 0 Å². The van der Waals surface area contributed by atoms with Gasteiger partial charge in [0.15, 0.2) is 5.78 Å². The second-order valence-electron chi connectivity index (χ2n) is 4.02. The fourth-order valence-electron chi connectivity index (χ4n) is 2.06. The molecule has 0 aromatic heterocycles. The van der Waals surface area contributed by atoms with Crippen LogP contribution in [-0.2, 0) is 9.53 Å². The highest BCUT2D eigenvalue weighted by atomic mass is 16.5. The second kappa shape index (κ2) is 5.10. The second-order valence-corrected chi connectivity index (χ2v) is 4.02. The first-order chi connectivity index (χ1) is 8.24. The van der Waals surface area contributed by atoms with Crippen molar-refractivity contribution in [3.8, 4) is 0 Å². The molecule has 0 atom stereocenters. The number of Topliss-reactive ketones (excluding diaryl/α,β-unsaturated/α-hetero) is 1. The number of nitrogens with zero attached hydrogens (tertiary/aromatic N) is 1. The minimum atomic E-state index is -0.102. The predicted molar refractivity (Wildman–Crippen MR) is 64.2 cm³/mol. The molecule has 1 aliphatic heterocycles. The molecule has 0 unspecified atom stereocenters. The van der Waals surface area contributed by atoms with Crippen LogP contribution in [0.4, 0.5) is 5.69 Å². The number of hydrogen-bond donors (Lipinski definition) is 0. The number of ketones is 1. The van der Waals surface area contributed by atoms with E-state index in [0.717, 1.165) is 0 Å². The van der Waals surface area contributed by atoms with Crippen LogP contribution >= 0.6 is 0 Å². The largest absolute Gasteiger partial charge is 0.375 e. The first kappa shape index (κ1) is 11.8. The summed E-state index contributed by atoms with van der Waals surface area (Å²) >= 11 is 0. The summed E-state index contributed by atoms with van der Waals surface area (Å²) in [5.74, 6) is 0.00275. The summed E-state index contributed by atoms with van der Waals surface area (Å²) in [7, 11) is 1.49. The molecule has 1 aromatic rings. The van der Waals surface area contributed by atoms with E-state index in [1.165, 1.54) is 7.11 Å². The molecule has 2 rings (SSSR count). The average Bonchev–Trinajstić information content (AvgIpc) is 2.50. The van der Waals surface area contributed by atoms with Gasteiger partial charge in [-0.15, -0.1) is 0 Å². The maximum atomic E-state index is 11.9. The van der Waals surface area contributed by atoms with Crippen molar-refractivity contribution in [1.29, 1.82) is 0 Å². The van der Waals surface area contributed by atoms with Crippen LogP contribution in [0.25, 0.3) is 0 Å². The Morgan fingerprint density at radius 3 is 2.94 bits per heavy atom. The van der Waals surface area contributed by atoms with Crippen molar-refractivity contribution in [2.45, 2.75) is 12.8 Å². The van der Waals surface area contributed by atoms with Crippen molar-refractivity contribution in [2.75, 3.05) is 25.2 Å². The number of carbonyl (C=O) groups is 2. The standard InChI is InChI=1S/C13H15NO3/c1-17-9-13(16)14-8-4-7-12(15)10-5-2-3-6-11(10)14/h2-3,5-6H,4,7-9H2,1H3. The van der Waals surface area contributed by atoms with Gasteiger partial charge in [0.2, 0.25) is 0 Å². The van der Waals surface area contributed by atoms with E-state index < -0.39 is 0 Å². The van der Waals surface area contributed by atoms with Gasteiger partial charge in [-0.25, -0.2) is 0 Å². The molecule has 1 amide bonds. The van der Waals surface area contributed by atoms with Gasteiger partial charge >= 0.3 is 0 Å². The Morgan fingerprint density at radius 1 is 1.41 bits per heavy atom. The van der Waals surface area contributed by atoms with Crippen LogP contribution in [0.1, 0.15) is 23.2 Å². The lowest BCUT2D eigenvalue weighted by molar-refractivity contribution is -0.122. The Hall–Kier alpha value is -1.68. The third kappa shape index (κ3) is 2.36. The third-order valence-electron chi connectivity index (χ3n) is 2.85. The predicted octanol–water partition coefficient (Wildman–Crippen LogP) is 1.64. The van der Waals surface area contributed by atoms with Crippen molar-refractivity contribution < 1.29 is 14.3 Å². The fraction of sp³-hybridized carbons (Fsp3) is 0.385.